The van der Waals surface area contributed by atoms with Crippen molar-refractivity contribution < 1.29 is 43.6 Å². The number of hydrogen-bond donors (Lipinski definition) is 2. The summed E-state index contributed by atoms with van der Waals surface area (Å²) in [5.41, 5.74) is -1.38. The fourth-order valence-electron chi connectivity index (χ4n) is 5.19. The van der Waals surface area contributed by atoms with Crippen molar-refractivity contribution >= 4 is 24.2 Å². The molecule has 6 unspecified atom stereocenters. The normalized spacial score (nSPS) is 23.6. The second-order valence-electron chi connectivity index (χ2n) is 12.3. The van der Waals surface area contributed by atoms with Gasteiger partial charge in [0.1, 0.15) is 29.7 Å². The van der Waals surface area contributed by atoms with Gasteiger partial charge in [0.2, 0.25) is 0 Å². The number of aliphatic hydroxyl groups excluding tert-OH is 1. The molecule has 10 nitrogen and oxygen atoms in total. The number of hydrogen-bond acceptors (Lipinski definition) is 9. The predicted molar refractivity (Wildman–Crippen MR) is 153 cm³/mol. The Bertz CT molecular complexity index is 777. The maximum atomic E-state index is 12.6. The van der Waals surface area contributed by atoms with E-state index < -0.39 is 36.0 Å². The molecule has 1 rings (SSSR count). The summed E-state index contributed by atoms with van der Waals surface area (Å²) in [5, 5.41) is 18.4. The van der Waals surface area contributed by atoms with E-state index in [0.29, 0.717) is 24.2 Å². The van der Waals surface area contributed by atoms with Crippen LogP contribution >= 0.6 is 0 Å². The highest BCUT2D eigenvalue weighted by molar-refractivity contribution is 5.87. The minimum atomic E-state index is -1.50. The molecule has 0 spiro atoms. The van der Waals surface area contributed by atoms with Gasteiger partial charge in [0.25, 0.3) is 0 Å². The van der Waals surface area contributed by atoms with E-state index in [-0.39, 0.29) is 37.1 Å². The maximum Gasteiger partial charge on any atom is 0.506 e. The maximum absolute atomic E-state index is 12.6. The quantitative estimate of drug-likeness (QED) is 0.155. The smallest absolute Gasteiger partial charge is 0.458 e. The third-order valence-corrected chi connectivity index (χ3v) is 7.45. The Morgan fingerprint density at radius 3 is 2.15 bits per heavy atom. The lowest BCUT2D eigenvalue weighted by molar-refractivity contribution is -0.172. The zero-order valence-corrected chi connectivity index (χ0v) is 26.3. The Balaban J connectivity index is 0.00000114. The molecule has 1 heterocycles. The van der Waals surface area contributed by atoms with Crippen LogP contribution in [0.3, 0.4) is 0 Å². The molecule has 10 heteroatoms. The third-order valence-electron chi connectivity index (χ3n) is 7.45. The summed E-state index contributed by atoms with van der Waals surface area (Å²) in [6.07, 6.45) is 1.77. The van der Waals surface area contributed by atoms with E-state index in [1.54, 1.807) is 6.92 Å². The fourth-order valence-corrected chi connectivity index (χ4v) is 5.19. The van der Waals surface area contributed by atoms with Gasteiger partial charge < -0.3 is 34.1 Å². The fraction of sp³-hybridized carbons (Fsp3) is 0.867. The van der Waals surface area contributed by atoms with Crippen molar-refractivity contribution in [1.29, 1.82) is 0 Å². The van der Waals surface area contributed by atoms with E-state index >= 15 is 0 Å². The predicted octanol–water partition coefficient (Wildman–Crippen LogP) is 5.09. The van der Waals surface area contributed by atoms with Crippen LogP contribution in [0.5, 0.6) is 0 Å². The largest absolute Gasteiger partial charge is 0.506 e. The summed E-state index contributed by atoms with van der Waals surface area (Å²) < 4.78 is 15.6. The molecule has 0 aliphatic carbocycles. The van der Waals surface area contributed by atoms with Crippen molar-refractivity contribution in [2.75, 3.05) is 14.1 Å². The molecule has 40 heavy (non-hydrogen) atoms. The van der Waals surface area contributed by atoms with Gasteiger partial charge in [-0.2, -0.15) is 0 Å². The molecule has 1 fully saturated rings. The van der Waals surface area contributed by atoms with Crippen LogP contribution in [0.1, 0.15) is 100 Å². The molecule has 0 aromatic heterocycles. The second-order valence-corrected chi connectivity index (χ2v) is 12.3. The minimum absolute atomic E-state index is 0.0308. The monoisotopic (exact) mass is 573 g/mol. The number of ketones is 1. The molecular formula is C30H55NO9. The highest BCUT2D eigenvalue weighted by atomic mass is 16.7. The van der Waals surface area contributed by atoms with Gasteiger partial charge in [0, 0.05) is 24.8 Å². The highest BCUT2D eigenvalue weighted by Gasteiger charge is 2.41. The number of Topliss-reactive ketones (excluding diaryl/α,β-unsaturated/α-hetero) is 1. The average molecular weight is 574 g/mol. The average Bonchev–Trinajstić information content (AvgIpc) is 2.83. The Kier molecular flexibility index (Phi) is 17.5. The second kappa shape index (κ2) is 18.4. The number of rotatable bonds is 15. The Morgan fingerprint density at radius 2 is 1.70 bits per heavy atom. The molecule has 1 aliphatic rings. The molecule has 0 bridgehead atoms. The van der Waals surface area contributed by atoms with Crippen molar-refractivity contribution in [3.05, 3.63) is 0 Å². The van der Waals surface area contributed by atoms with Gasteiger partial charge in [-0.3, -0.25) is 9.59 Å². The molecule has 2 N–H and O–H groups in total. The summed E-state index contributed by atoms with van der Waals surface area (Å²) in [6.45, 7) is 15.0. The summed E-state index contributed by atoms with van der Waals surface area (Å²) in [7, 11) is 4.07. The van der Waals surface area contributed by atoms with Gasteiger partial charge in [-0.25, -0.2) is 4.79 Å². The summed E-state index contributed by atoms with van der Waals surface area (Å²) >= 11 is 0. The minimum Gasteiger partial charge on any atom is -0.458 e. The molecule has 1 aliphatic heterocycles. The molecule has 0 radical (unpaired) electrons. The number of aliphatic hydroxyl groups is 1. The Morgan fingerprint density at radius 1 is 1.10 bits per heavy atom. The van der Waals surface area contributed by atoms with E-state index in [9.17, 15) is 24.3 Å². The van der Waals surface area contributed by atoms with E-state index in [1.165, 1.54) is 13.8 Å². The van der Waals surface area contributed by atoms with Gasteiger partial charge in [0.15, 0.2) is 6.29 Å². The Labute approximate surface area is 241 Å². The van der Waals surface area contributed by atoms with Crippen LogP contribution in [-0.4, -0.2) is 83.5 Å². The topological polar surface area (TPSA) is 140 Å². The highest BCUT2D eigenvalue weighted by Crippen LogP contribution is 2.30. The number of esters is 1. The molecule has 0 saturated carbocycles. The first-order chi connectivity index (χ1) is 18.4. The van der Waals surface area contributed by atoms with Gasteiger partial charge in [-0.1, -0.05) is 34.6 Å². The number of carbonyl (C=O) groups excluding carboxylic acids is 3. The lowest BCUT2D eigenvalue weighted by Crippen LogP contribution is -2.47. The third kappa shape index (κ3) is 14.6. The molecule has 1 saturated heterocycles. The van der Waals surface area contributed by atoms with Gasteiger partial charge in [0.05, 0.1) is 6.10 Å². The number of carbonyl (C=O) groups is 4. The lowest BCUT2D eigenvalue weighted by atomic mass is 9.84. The zero-order valence-electron chi connectivity index (χ0n) is 26.3. The molecule has 234 valence electrons. The lowest BCUT2D eigenvalue weighted by Gasteiger charge is -2.35. The summed E-state index contributed by atoms with van der Waals surface area (Å²) in [4.78, 5) is 48.8. The van der Waals surface area contributed by atoms with Crippen LogP contribution in [0.15, 0.2) is 0 Å². The number of ether oxygens (including phenoxy) is 3. The standard InChI is InChI=1S/C22H38O7.C8H17NO2/c1-8-19(28-20(25)17(6)13-23)22(7,29-21(26)27)10-9-18(24)16(5)12-15(4)11-14(2)3;1-6-4-7(9(2)3)5-8(10)11-6/h13-17,19H,8-12H2,1-7H3,(H,26,27);6-8,10H,4-5H2,1-3H3/t15?,16-,17?,19?,22+;/m1./s1. The van der Waals surface area contributed by atoms with E-state index in [2.05, 4.69) is 25.7 Å². The van der Waals surface area contributed by atoms with Crippen LogP contribution in [-0.2, 0) is 28.6 Å². The first-order valence-electron chi connectivity index (χ1n) is 14.6. The van der Waals surface area contributed by atoms with Crippen molar-refractivity contribution in [3.63, 3.8) is 0 Å². The van der Waals surface area contributed by atoms with Crippen molar-refractivity contribution in [3.8, 4) is 0 Å². The zero-order chi connectivity index (χ0) is 31.2. The van der Waals surface area contributed by atoms with Crippen molar-refractivity contribution in [2.24, 2.45) is 23.7 Å². The van der Waals surface area contributed by atoms with Crippen LogP contribution < -0.4 is 0 Å². The van der Waals surface area contributed by atoms with Crippen LogP contribution in [0, 0.1) is 23.7 Å². The van der Waals surface area contributed by atoms with E-state index in [1.807, 2.05) is 27.9 Å². The SMILES string of the molecule is CC1CC(N(C)C)CC(O)O1.CCC(OC(=O)C(C)C=O)[C@](C)(CCC(=O)[C@H](C)CC(C)CC(C)C)OC(=O)O. The van der Waals surface area contributed by atoms with Crippen LogP contribution in [0.25, 0.3) is 0 Å². The first-order valence-corrected chi connectivity index (χ1v) is 14.6. The summed E-state index contributed by atoms with van der Waals surface area (Å²) in [5.74, 6) is -0.826. The first kappa shape index (κ1) is 38.0. The van der Waals surface area contributed by atoms with E-state index in [0.717, 1.165) is 25.7 Å². The van der Waals surface area contributed by atoms with Gasteiger partial charge in [-0.15, -0.1) is 0 Å². The Hall–Kier alpha value is -2.04. The van der Waals surface area contributed by atoms with Crippen LogP contribution in [0.2, 0.25) is 0 Å². The molecular weight excluding hydrogens is 518 g/mol. The molecule has 8 atom stereocenters. The molecule has 0 aromatic rings. The van der Waals surface area contributed by atoms with Crippen molar-refractivity contribution in [1.82, 2.24) is 4.90 Å². The van der Waals surface area contributed by atoms with Crippen LogP contribution in [0.4, 0.5) is 4.79 Å². The van der Waals surface area contributed by atoms with E-state index in [4.69, 9.17) is 19.3 Å². The number of aldehydes is 1. The summed E-state index contributed by atoms with van der Waals surface area (Å²) in [6, 6.07) is 0.466. The van der Waals surface area contributed by atoms with Crippen molar-refractivity contribution in [2.45, 2.75) is 130 Å². The van der Waals surface area contributed by atoms with Gasteiger partial charge in [-0.05, 0) is 78.8 Å². The molecule has 0 aromatic carbocycles. The molecule has 0 amide bonds. The van der Waals surface area contributed by atoms with Gasteiger partial charge >= 0.3 is 12.1 Å². The number of carboxylic acid groups (broad SMARTS) is 1. The number of nitrogens with zero attached hydrogens (tertiary/aromatic N) is 1.